The average molecular weight is 411 g/mol. The minimum atomic E-state index is 0.0323. The van der Waals surface area contributed by atoms with Gasteiger partial charge in [-0.1, -0.05) is 54.6 Å². The molecule has 1 aromatic heterocycles. The van der Waals surface area contributed by atoms with Gasteiger partial charge in [0.15, 0.2) is 0 Å². The number of nitrogens with one attached hydrogen (secondary N) is 1. The molecule has 0 saturated heterocycles. The van der Waals surface area contributed by atoms with Crippen molar-refractivity contribution in [2.24, 2.45) is 0 Å². The minimum Gasteiger partial charge on any atom is -0.351 e. The fourth-order valence-corrected chi connectivity index (χ4v) is 4.18. The second kappa shape index (κ2) is 8.26. The van der Waals surface area contributed by atoms with E-state index in [2.05, 4.69) is 75.8 Å². The smallest absolute Gasteiger partial charge is 0.217 e. The highest BCUT2D eigenvalue weighted by molar-refractivity contribution is 5.74. The molecule has 5 rings (SSSR count). The van der Waals surface area contributed by atoms with Crippen molar-refractivity contribution in [1.82, 2.24) is 20.0 Å². The standard InChI is InChI=1S/C26H26N4O/c1-19(31)27-25-17-26(25)29-14-8-11-21(18-29)24-16-23(15-20-9-4-2-5-10-20)30(28-24)22-12-6-3-7-13-22/h2-10,12-14,16,18,25-26H,11,15,17H2,1H3,(H,27,31). The Morgan fingerprint density at radius 1 is 1.10 bits per heavy atom. The highest BCUT2D eigenvalue weighted by Gasteiger charge is 2.41. The van der Waals surface area contributed by atoms with E-state index in [0.717, 1.165) is 36.3 Å². The van der Waals surface area contributed by atoms with E-state index in [1.165, 1.54) is 11.1 Å². The van der Waals surface area contributed by atoms with Gasteiger partial charge in [0.05, 0.1) is 23.5 Å². The average Bonchev–Trinajstić information content (AvgIpc) is 3.43. The summed E-state index contributed by atoms with van der Waals surface area (Å²) >= 11 is 0. The van der Waals surface area contributed by atoms with Gasteiger partial charge in [0.25, 0.3) is 0 Å². The molecule has 2 atom stereocenters. The highest BCUT2D eigenvalue weighted by Crippen LogP contribution is 2.33. The Bertz CT molecular complexity index is 1130. The molecule has 1 amide bonds. The van der Waals surface area contributed by atoms with E-state index in [1.807, 2.05) is 24.3 Å². The first kappa shape index (κ1) is 19.4. The van der Waals surface area contributed by atoms with Crippen molar-refractivity contribution in [3.63, 3.8) is 0 Å². The van der Waals surface area contributed by atoms with Gasteiger partial charge < -0.3 is 10.2 Å². The second-order valence-electron chi connectivity index (χ2n) is 8.23. The van der Waals surface area contributed by atoms with E-state index in [4.69, 9.17) is 5.10 Å². The Hall–Kier alpha value is -3.60. The maximum atomic E-state index is 11.4. The van der Waals surface area contributed by atoms with Crippen LogP contribution in [0.15, 0.2) is 85.2 Å². The Balaban J connectivity index is 1.44. The molecule has 2 heterocycles. The molecule has 1 fully saturated rings. The summed E-state index contributed by atoms with van der Waals surface area (Å²) in [6.07, 6.45) is 9.14. The molecule has 2 aliphatic rings. The monoisotopic (exact) mass is 410 g/mol. The summed E-state index contributed by atoms with van der Waals surface area (Å²) in [4.78, 5) is 13.6. The molecule has 2 unspecified atom stereocenters. The molecule has 2 aromatic carbocycles. The number of benzene rings is 2. The Kier molecular flexibility index (Phi) is 5.16. The SMILES string of the molecule is CC(=O)NC1CC1N1C=CCC(c2cc(Cc3ccccc3)n(-c3ccccc3)n2)=C1. The normalized spacial score (nSPS) is 19.8. The number of carbonyl (C=O) groups excluding carboxylic acids is 1. The van der Waals surface area contributed by atoms with Gasteiger partial charge >= 0.3 is 0 Å². The zero-order chi connectivity index (χ0) is 21.2. The third-order valence-corrected chi connectivity index (χ3v) is 5.79. The lowest BCUT2D eigenvalue weighted by Crippen LogP contribution is -2.29. The summed E-state index contributed by atoms with van der Waals surface area (Å²) in [5.41, 5.74) is 5.69. The van der Waals surface area contributed by atoms with Crippen molar-refractivity contribution >= 4 is 11.5 Å². The predicted octanol–water partition coefficient (Wildman–Crippen LogP) is 4.30. The van der Waals surface area contributed by atoms with Gasteiger partial charge in [-0.3, -0.25) is 4.79 Å². The van der Waals surface area contributed by atoms with Crippen LogP contribution in [0.3, 0.4) is 0 Å². The molecular formula is C26H26N4O. The lowest BCUT2D eigenvalue weighted by molar-refractivity contribution is -0.119. The molecule has 1 aliphatic carbocycles. The lowest BCUT2D eigenvalue weighted by atomic mass is 10.1. The summed E-state index contributed by atoms with van der Waals surface area (Å²) < 4.78 is 2.06. The van der Waals surface area contributed by atoms with Crippen LogP contribution in [-0.2, 0) is 11.2 Å². The number of hydrogen-bond acceptors (Lipinski definition) is 3. The molecule has 3 aromatic rings. The van der Waals surface area contributed by atoms with Crippen LogP contribution in [0.5, 0.6) is 0 Å². The van der Waals surface area contributed by atoms with Crippen molar-refractivity contribution in [3.05, 3.63) is 102 Å². The van der Waals surface area contributed by atoms with Gasteiger partial charge in [-0.25, -0.2) is 4.68 Å². The predicted molar refractivity (Wildman–Crippen MR) is 122 cm³/mol. The van der Waals surface area contributed by atoms with Crippen LogP contribution in [0.25, 0.3) is 11.3 Å². The van der Waals surface area contributed by atoms with Crippen molar-refractivity contribution in [2.75, 3.05) is 0 Å². The fourth-order valence-electron chi connectivity index (χ4n) is 4.18. The minimum absolute atomic E-state index is 0.0323. The maximum absolute atomic E-state index is 11.4. The molecule has 0 radical (unpaired) electrons. The van der Waals surface area contributed by atoms with Crippen molar-refractivity contribution < 1.29 is 4.79 Å². The Morgan fingerprint density at radius 3 is 2.58 bits per heavy atom. The van der Waals surface area contributed by atoms with Gasteiger partial charge in [0, 0.05) is 31.4 Å². The van der Waals surface area contributed by atoms with Crippen LogP contribution in [0.1, 0.15) is 36.7 Å². The van der Waals surface area contributed by atoms with E-state index >= 15 is 0 Å². The van der Waals surface area contributed by atoms with E-state index in [0.29, 0.717) is 6.04 Å². The number of rotatable bonds is 6. The molecule has 5 nitrogen and oxygen atoms in total. The van der Waals surface area contributed by atoms with Crippen LogP contribution < -0.4 is 5.32 Å². The first-order chi connectivity index (χ1) is 15.2. The number of para-hydroxylation sites is 1. The van der Waals surface area contributed by atoms with Gasteiger partial charge in [0.2, 0.25) is 5.91 Å². The van der Waals surface area contributed by atoms with E-state index in [-0.39, 0.29) is 11.9 Å². The molecular weight excluding hydrogens is 384 g/mol. The zero-order valence-electron chi connectivity index (χ0n) is 17.6. The molecule has 156 valence electrons. The quantitative estimate of drug-likeness (QED) is 0.659. The van der Waals surface area contributed by atoms with Gasteiger partial charge in [-0.15, -0.1) is 0 Å². The summed E-state index contributed by atoms with van der Waals surface area (Å²) in [5, 5.41) is 8.02. The Morgan fingerprint density at radius 2 is 1.84 bits per heavy atom. The maximum Gasteiger partial charge on any atom is 0.217 e. The van der Waals surface area contributed by atoms with Crippen molar-refractivity contribution in [3.8, 4) is 5.69 Å². The summed E-state index contributed by atoms with van der Waals surface area (Å²) in [6, 6.07) is 23.6. The molecule has 0 bridgehead atoms. The van der Waals surface area contributed by atoms with E-state index in [1.54, 1.807) is 6.92 Å². The third-order valence-electron chi connectivity index (χ3n) is 5.79. The van der Waals surface area contributed by atoms with E-state index < -0.39 is 0 Å². The molecule has 1 aliphatic heterocycles. The number of nitrogens with zero attached hydrogens (tertiary/aromatic N) is 3. The first-order valence-electron chi connectivity index (χ1n) is 10.8. The summed E-state index contributed by atoms with van der Waals surface area (Å²) in [7, 11) is 0. The van der Waals surface area contributed by atoms with Crippen LogP contribution in [0.4, 0.5) is 0 Å². The summed E-state index contributed by atoms with van der Waals surface area (Å²) in [5.74, 6) is 0.0323. The third kappa shape index (κ3) is 4.31. The van der Waals surface area contributed by atoms with E-state index in [9.17, 15) is 4.79 Å². The van der Waals surface area contributed by atoms with Gasteiger partial charge in [0.1, 0.15) is 0 Å². The van der Waals surface area contributed by atoms with Crippen molar-refractivity contribution in [1.29, 1.82) is 0 Å². The summed E-state index contributed by atoms with van der Waals surface area (Å²) in [6.45, 7) is 1.58. The first-order valence-corrected chi connectivity index (χ1v) is 10.8. The molecule has 1 N–H and O–H groups in total. The molecule has 1 saturated carbocycles. The molecule has 31 heavy (non-hydrogen) atoms. The second-order valence-corrected chi connectivity index (χ2v) is 8.23. The number of aromatic nitrogens is 2. The largest absolute Gasteiger partial charge is 0.351 e. The number of allylic oxidation sites excluding steroid dienone is 2. The van der Waals surface area contributed by atoms with Gasteiger partial charge in [-0.05, 0) is 42.2 Å². The number of amides is 1. The Labute approximate surface area is 182 Å². The lowest BCUT2D eigenvalue weighted by Gasteiger charge is -2.21. The fraction of sp³-hybridized carbons (Fsp3) is 0.231. The molecule has 0 spiro atoms. The number of hydrogen-bond donors (Lipinski definition) is 1. The van der Waals surface area contributed by atoms with Crippen molar-refractivity contribution in [2.45, 2.75) is 38.3 Å². The molecule has 5 heteroatoms. The highest BCUT2D eigenvalue weighted by atomic mass is 16.1. The topological polar surface area (TPSA) is 50.2 Å². The van der Waals surface area contributed by atoms with Crippen LogP contribution in [-0.4, -0.2) is 32.7 Å². The van der Waals surface area contributed by atoms with Crippen LogP contribution in [0, 0.1) is 0 Å². The number of carbonyl (C=O) groups is 1. The van der Waals surface area contributed by atoms with Crippen LogP contribution >= 0.6 is 0 Å². The van der Waals surface area contributed by atoms with Crippen LogP contribution in [0.2, 0.25) is 0 Å². The zero-order valence-corrected chi connectivity index (χ0v) is 17.6. The van der Waals surface area contributed by atoms with Gasteiger partial charge in [-0.2, -0.15) is 5.10 Å².